The molecule has 0 aliphatic carbocycles. The highest BCUT2D eigenvalue weighted by molar-refractivity contribution is 6.31. The molecule has 118 valence electrons. The van der Waals surface area contributed by atoms with Crippen LogP contribution in [0.1, 0.15) is 49.5 Å². The van der Waals surface area contributed by atoms with E-state index in [4.69, 9.17) is 11.6 Å². The van der Waals surface area contributed by atoms with Crippen LogP contribution in [0.4, 0.5) is 0 Å². The molecule has 0 bridgehead atoms. The molecule has 1 N–H and O–H groups in total. The number of aromatic nitrogens is 1. The molecule has 1 rings (SSSR count). The molecule has 0 spiro atoms. The van der Waals surface area contributed by atoms with Gasteiger partial charge in [0.1, 0.15) is 5.69 Å². The number of carbonyl (C=O) groups is 2. The van der Waals surface area contributed by atoms with Gasteiger partial charge in [0.25, 0.3) is 5.91 Å². The van der Waals surface area contributed by atoms with Crippen LogP contribution in [-0.2, 0) is 16.1 Å². The van der Waals surface area contributed by atoms with Crippen molar-refractivity contribution in [2.75, 3.05) is 13.7 Å². The highest BCUT2D eigenvalue weighted by Gasteiger charge is 2.12. The van der Waals surface area contributed by atoms with Gasteiger partial charge in [-0.1, -0.05) is 24.9 Å². The smallest absolute Gasteiger partial charge is 0.305 e. The van der Waals surface area contributed by atoms with Crippen molar-refractivity contribution < 1.29 is 14.3 Å². The van der Waals surface area contributed by atoms with Crippen molar-refractivity contribution in [1.82, 2.24) is 9.88 Å². The molecule has 0 atom stereocenters. The Morgan fingerprint density at radius 2 is 2.10 bits per heavy atom. The predicted molar refractivity (Wildman–Crippen MR) is 82.6 cm³/mol. The normalized spacial score (nSPS) is 10.4. The van der Waals surface area contributed by atoms with Crippen LogP contribution < -0.4 is 5.32 Å². The third kappa shape index (κ3) is 6.21. The third-order valence-corrected chi connectivity index (χ3v) is 3.34. The lowest BCUT2D eigenvalue weighted by Crippen LogP contribution is -2.26. The molecule has 0 saturated heterocycles. The number of halogens is 1. The number of esters is 1. The second kappa shape index (κ2) is 9.45. The number of amides is 1. The summed E-state index contributed by atoms with van der Waals surface area (Å²) in [6.07, 6.45) is 5.65. The van der Waals surface area contributed by atoms with Gasteiger partial charge in [-0.15, -0.1) is 0 Å². The maximum atomic E-state index is 12.1. The second-order valence-electron chi connectivity index (χ2n) is 4.88. The van der Waals surface area contributed by atoms with Gasteiger partial charge in [0, 0.05) is 25.7 Å². The topological polar surface area (TPSA) is 60.3 Å². The van der Waals surface area contributed by atoms with Crippen molar-refractivity contribution in [2.45, 2.75) is 45.6 Å². The number of aryl methyl sites for hydroxylation is 1. The lowest BCUT2D eigenvalue weighted by molar-refractivity contribution is -0.140. The van der Waals surface area contributed by atoms with E-state index in [9.17, 15) is 9.59 Å². The fourth-order valence-corrected chi connectivity index (χ4v) is 2.28. The Kier molecular flexibility index (Phi) is 7.90. The maximum Gasteiger partial charge on any atom is 0.305 e. The first kappa shape index (κ1) is 17.6. The summed E-state index contributed by atoms with van der Waals surface area (Å²) in [5.74, 6) is -0.297. The summed E-state index contributed by atoms with van der Waals surface area (Å²) in [5, 5.41) is 3.45. The minimum absolute atomic E-state index is 0.108. The van der Waals surface area contributed by atoms with Crippen LogP contribution in [0.25, 0.3) is 0 Å². The Morgan fingerprint density at radius 3 is 2.76 bits per heavy atom. The van der Waals surface area contributed by atoms with Gasteiger partial charge in [0.15, 0.2) is 0 Å². The van der Waals surface area contributed by atoms with E-state index >= 15 is 0 Å². The number of methoxy groups -OCH3 is 1. The molecule has 0 unspecified atom stereocenters. The number of hydrogen-bond donors (Lipinski definition) is 1. The van der Waals surface area contributed by atoms with Crippen molar-refractivity contribution in [3.05, 3.63) is 23.0 Å². The molecule has 1 heterocycles. The van der Waals surface area contributed by atoms with Crippen molar-refractivity contribution in [2.24, 2.45) is 0 Å². The maximum absolute atomic E-state index is 12.1. The molecule has 0 fully saturated rings. The van der Waals surface area contributed by atoms with Gasteiger partial charge in [-0.3, -0.25) is 9.59 Å². The van der Waals surface area contributed by atoms with Crippen LogP contribution in [0.2, 0.25) is 5.02 Å². The summed E-state index contributed by atoms with van der Waals surface area (Å²) in [5.41, 5.74) is 0.594. The van der Waals surface area contributed by atoms with E-state index in [1.54, 1.807) is 12.3 Å². The zero-order valence-corrected chi connectivity index (χ0v) is 13.4. The van der Waals surface area contributed by atoms with Crippen molar-refractivity contribution in [3.8, 4) is 0 Å². The molecule has 6 heteroatoms. The highest BCUT2D eigenvalue weighted by Crippen LogP contribution is 2.14. The molecule has 1 aromatic heterocycles. The predicted octanol–water partition coefficient (Wildman–Crippen LogP) is 3.01. The Morgan fingerprint density at radius 1 is 1.33 bits per heavy atom. The Labute approximate surface area is 130 Å². The molecule has 0 aliphatic rings. The monoisotopic (exact) mass is 314 g/mol. The van der Waals surface area contributed by atoms with Gasteiger partial charge in [0.05, 0.1) is 12.1 Å². The van der Waals surface area contributed by atoms with Crippen LogP contribution in [0.3, 0.4) is 0 Å². The zero-order valence-electron chi connectivity index (χ0n) is 12.7. The van der Waals surface area contributed by atoms with Gasteiger partial charge in [0.2, 0.25) is 0 Å². The van der Waals surface area contributed by atoms with E-state index < -0.39 is 0 Å². The van der Waals surface area contributed by atoms with Crippen molar-refractivity contribution >= 4 is 23.5 Å². The molecule has 5 nitrogen and oxygen atoms in total. The van der Waals surface area contributed by atoms with E-state index in [2.05, 4.69) is 17.0 Å². The molecule has 0 aromatic carbocycles. The number of rotatable bonds is 9. The molecular weight excluding hydrogens is 292 g/mol. The Hall–Kier alpha value is -1.49. The average Bonchev–Trinajstić information content (AvgIpc) is 2.83. The van der Waals surface area contributed by atoms with Crippen molar-refractivity contribution in [3.63, 3.8) is 0 Å². The lowest BCUT2D eigenvalue weighted by Gasteiger charge is -2.08. The molecule has 1 aromatic rings. The first-order valence-electron chi connectivity index (χ1n) is 7.29. The van der Waals surface area contributed by atoms with Crippen LogP contribution >= 0.6 is 11.6 Å². The van der Waals surface area contributed by atoms with Gasteiger partial charge in [-0.2, -0.15) is 0 Å². The fourth-order valence-electron chi connectivity index (χ4n) is 2.06. The van der Waals surface area contributed by atoms with Crippen molar-refractivity contribution in [1.29, 1.82) is 0 Å². The van der Waals surface area contributed by atoms with E-state index in [1.165, 1.54) is 7.11 Å². The quantitative estimate of drug-likeness (QED) is 0.563. The Bertz CT molecular complexity index is 471. The number of unbranched alkanes of at least 4 members (excludes halogenated alkanes) is 2. The van der Waals surface area contributed by atoms with Gasteiger partial charge >= 0.3 is 5.97 Å². The minimum atomic E-state index is -0.189. The standard InChI is InChI=1S/C15H23ClN2O3/c1-3-9-18-11-12(16)10-13(18)15(20)17-8-6-4-5-7-14(19)21-2/h10-11H,3-9H2,1-2H3,(H,17,20). The molecule has 0 radical (unpaired) electrons. The number of ether oxygens (including phenoxy) is 1. The molecule has 21 heavy (non-hydrogen) atoms. The summed E-state index contributed by atoms with van der Waals surface area (Å²) in [4.78, 5) is 23.0. The first-order valence-corrected chi connectivity index (χ1v) is 7.67. The van der Waals surface area contributed by atoms with Crippen LogP contribution in [-0.4, -0.2) is 30.1 Å². The fraction of sp³-hybridized carbons (Fsp3) is 0.600. The summed E-state index contributed by atoms with van der Waals surface area (Å²) >= 11 is 5.95. The van der Waals surface area contributed by atoms with Gasteiger partial charge in [-0.25, -0.2) is 0 Å². The third-order valence-electron chi connectivity index (χ3n) is 3.13. The number of hydrogen-bond acceptors (Lipinski definition) is 3. The van der Waals surface area contributed by atoms with Crippen LogP contribution in [0.15, 0.2) is 12.3 Å². The molecule has 0 saturated carbocycles. The van der Waals surface area contributed by atoms with E-state index in [0.29, 0.717) is 23.7 Å². The first-order chi connectivity index (χ1) is 10.1. The summed E-state index contributed by atoms with van der Waals surface area (Å²) in [7, 11) is 1.39. The number of nitrogens with zero attached hydrogens (tertiary/aromatic N) is 1. The number of carbonyl (C=O) groups excluding carboxylic acids is 2. The lowest BCUT2D eigenvalue weighted by atomic mass is 10.2. The molecular formula is C15H23ClN2O3. The summed E-state index contributed by atoms with van der Waals surface area (Å²) in [6, 6.07) is 1.68. The molecule has 1 amide bonds. The van der Waals surface area contributed by atoms with Crippen LogP contribution in [0, 0.1) is 0 Å². The largest absolute Gasteiger partial charge is 0.469 e. The number of nitrogens with one attached hydrogen (secondary N) is 1. The molecule has 0 aliphatic heterocycles. The van der Waals surface area contributed by atoms with E-state index in [-0.39, 0.29) is 11.9 Å². The van der Waals surface area contributed by atoms with Gasteiger partial charge < -0.3 is 14.6 Å². The summed E-state index contributed by atoms with van der Waals surface area (Å²) < 4.78 is 6.44. The minimum Gasteiger partial charge on any atom is -0.469 e. The average molecular weight is 315 g/mol. The SMILES string of the molecule is CCCn1cc(Cl)cc1C(=O)NCCCCCC(=O)OC. The summed E-state index contributed by atoms with van der Waals surface area (Å²) in [6.45, 7) is 3.42. The second-order valence-corrected chi connectivity index (χ2v) is 5.32. The van der Waals surface area contributed by atoms with Crippen LogP contribution in [0.5, 0.6) is 0 Å². The van der Waals surface area contributed by atoms with E-state index in [1.807, 2.05) is 4.57 Å². The highest BCUT2D eigenvalue weighted by atomic mass is 35.5. The van der Waals surface area contributed by atoms with E-state index in [0.717, 1.165) is 32.2 Å². The zero-order chi connectivity index (χ0) is 15.7. The Balaban J connectivity index is 2.29. The van der Waals surface area contributed by atoms with Gasteiger partial charge in [-0.05, 0) is 25.3 Å².